The minimum absolute atomic E-state index is 0.0269. The molecular formula is C38H46N4O2. The molecule has 0 spiro atoms. The molecule has 2 amide bonds. The second-order valence-electron chi connectivity index (χ2n) is 13.6. The number of hydrogen-bond donors (Lipinski definition) is 2. The number of carbonyl (C=O) groups is 2. The molecule has 6 nitrogen and oxygen atoms in total. The minimum atomic E-state index is -0.423. The molecule has 2 aliphatic carbocycles. The molecule has 2 aliphatic heterocycles. The fourth-order valence-corrected chi connectivity index (χ4v) is 9.27. The zero-order valence-electron chi connectivity index (χ0n) is 25.9. The van der Waals surface area contributed by atoms with Gasteiger partial charge in [0.1, 0.15) is 0 Å². The van der Waals surface area contributed by atoms with Gasteiger partial charge in [-0.3, -0.25) is 14.5 Å². The largest absolute Gasteiger partial charge is 0.353 e. The van der Waals surface area contributed by atoms with Gasteiger partial charge in [0.05, 0.1) is 5.54 Å². The van der Waals surface area contributed by atoms with Crippen molar-refractivity contribution in [1.29, 1.82) is 0 Å². The Bertz CT molecular complexity index is 1330. The smallest absolute Gasteiger partial charge is 0.223 e. The molecule has 6 atom stereocenters. The fraction of sp³-hybridized carbons (Fsp3) is 0.474. The van der Waals surface area contributed by atoms with Crippen LogP contribution in [0.15, 0.2) is 91.0 Å². The van der Waals surface area contributed by atoms with Gasteiger partial charge in [-0.25, -0.2) is 0 Å². The average molecular weight is 591 g/mol. The topological polar surface area (TPSA) is 64.7 Å². The predicted octanol–water partition coefficient (Wildman–Crippen LogP) is 5.04. The standard InChI is InChI=1S/C38H46N4O2/c1-41(37(44)22-21-36(43)40-34-19-17-27-23-39-24-32(27)34)35-20-18-28-25-42(26-33(28)35)38(29-11-5-2-6-12-29,30-13-7-3-8-14-30)31-15-9-4-10-16-31/h2-16,27-28,32-35,39H,17-26H2,1H3,(H,40,43). The van der Waals surface area contributed by atoms with Crippen molar-refractivity contribution < 1.29 is 9.59 Å². The van der Waals surface area contributed by atoms with Crippen LogP contribution in [-0.4, -0.2) is 66.9 Å². The van der Waals surface area contributed by atoms with Crippen LogP contribution >= 0.6 is 0 Å². The van der Waals surface area contributed by atoms with Crippen molar-refractivity contribution in [3.63, 3.8) is 0 Å². The number of nitrogens with zero attached hydrogens (tertiary/aromatic N) is 2. The highest BCUT2D eigenvalue weighted by Crippen LogP contribution is 2.50. The molecule has 2 saturated carbocycles. The van der Waals surface area contributed by atoms with Crippen LogP contribution in [-0.2, 0) is 15.1 Å². The van der Waals surface area contributed by atoms with E-state index in [0.717, 1.165) is 45.4 Å². The molecule has 2 N–H and O–H groups in total. The molecule has 2 heterocycles. The van der Waals surface area contributed by atoms with Crippen LogP contribution in [0.3, 0.4) is 0 Å². The number of nitrogens with one attached hydrogen (secondary N) is 2. The quantitative estimate of drug-likeness (QED) is 0.343. The fourth-order valence-electron chi connectivity index (χ4n) is 9.27. The van der Waals surface area contributed by atoms with Gasteiger partial charge < -0.3 is 15.5 Å². The molecule has 0 aromatic heterocycles. The Morgan fingerprint density at radius 3 is 1.95 bits per heavy atom. The molecule has 0 radical (unpaired) electrons. The van der Waals surface area contributed by atoms with Crippen molar-refractivity contribution >= 4 is 11.8 Å². The molecular weight excluding hydrogens is 544 g/mol. The lowest BCUT2D eigenvalue weighted by Crippen LogP contribution is -2.48. The lowest BCUT2D eigenvalue weighted by atomic mass is 9.75. The molecule has 6 heteroatoms. The maximum atomic E-state index is 13.5. The molecule has 0 bridgehead atoms. The van der Waals surface area contributed by atoms with E-state index in [4.69, 9.17) is 0 Å². The van der Waals surface area contributed by atoms with E-state index >= 15 is 0 Å². The first kappa shape index (κ1) is 29.2. The van der Waals surface area contributed by atoms with Crippen molar-refractivity contribution in [2.45, 2.75) is 56.1 Å². The molecule has 7 rings (SSSR count). The van der Waals surface area contributed by atoms with Crippen molar-refractivity contribution in [2.75, 3.05) is 33.2 Å². The molecule has 4 fully saturated rings. The predicted molar refractivity (Wildman–Crippen MR) is 174 cm³/mol. The Morgan fingerprint density at radius 1 is 0.750 bits per heavy atom. The first-order chi connectivity index (χ1) is 21.6. The Morgan fingerprint density at radius 2 is 1.34 bits per heavy atom. The van der Waals surface area contributed by atoms with E-state index < -0.39 is 5.54 Å². The van der Waals surface area contributed by atoms with Gasteiger partial charge in [0.2, 0.25) is 11.8 Å². The van der Waals surface area contributed by atoms with Crippen molar-refractivity contribution in [1.82, 2.24) is 20.4 Å². The summed E-state index contributed by atoms with van der Waals surface area (Å²) in [5.41, 5.74) is 3.39. The highest BCUT2D eigenvalue weighted by atomic mass is 16.2. The van der Waals surface area contributed by atoms with Crippen LogP contribution in [0, 0.1) is 23.7 Å². The lowest BCUT2D eigenvalue weighted by Gasteiger charge is -2.44. The van der Waals surface area contributed by atoms with Gasteiger partial charge in [-0.05, 0) is 72.6 Å². The van der Waals surface area contributed by atoms with E-state index in [-0.39, 0.29) is 36.7 Å². The number of hydrogen-bond acceptors (Lipinski definition) is 4. The summed E-state index contributed by atoms with van der Waals surface area (Å²) < 4.78 is 0. The lowest BCUT2D eigenvalue weighted by molar-refractivity contribution is -0.135. The summed E-state index contributed by atoms with van der Waals surface area (Å²) >= 11 is 0. The molecule has 230 valence electrons. The second-order valence-corrected chi connectivity index (χ2v) is 13.6. The number of carbonyl (C=O) groups excluding carboxylic acids is 2. The zero-order valence-corrected chi connectivity index (χ0v) is 25.9. The van der Waals surface area contributed by atoms with E-state index in [9.17, 15) is 9.59 Å². The van der Waals surface area contributed by atoms with Gasteiger partial charge in [0.25, 0.3) is 0 Å². The maximum absolute atomic E-state index is 13.5. The number of benzene rings is 3. The van der Waals surface area contributed by atoms with Crippen LogP contribution < -0.4 is 10.6 Å². The van der Waals surface area contributed by atoms with E-state index in [1.165, 1.54) is 23.1 Å². The van der Waals surface area contributed by atoms with E-state index in [1.54, 1.807) is 0 Å². The van der Waals surface area contributed by atoms with Crippen LogP contribution in [0.25, 0.3) is 0 Å². The highest BCUT2D eigenvalue weighted by molar-refractivity contribution is 5.84. The Labute approximate surface area is 262 Å². The maximum Gasteiger partial charge on any atom is 0.223 e. The Hall–Kier alpha value is -3.48. The molecule has 44 heavy (non-hydrogen) atoms. The third-order valence-corrected chi connectivity index (χ3v) is 11.4. The molecule has 3 aromatic carbocycles. The first-order valence-corrected chi connectivity index (χ1v) is 16.7. The molecule has 3 aromatic rings. The summed E-state index contributed by atoms with van der Waals surface area (Å²) in [6.45, 7) is 3.98. The van der Waals surface area contributed by atoms with Crippen LogP contribution in [0.1, 0.15) is 55.2 Å². The summed E-state index contributed by atoms with van der Waals surface area (Å²) in [6, 6.07) is 33.2. The number of fused-ring (bicyclic) bond motifs is 2. The van der Waals surface area contributed by atoms with Gasteiger partial charge in [0, 0.05) is 51.6 Å². The van der Waals surface area contributed by atoms with E-state index in [2.05, 4.69) is 107 Å². The minimum Gasteiger partial charge on any atom is -0.353 e. The number of likely N-dealkylation sites (tertiary alicyclic amines) is 1. The monoisotopic (exact) mass is 590 g/mol. The average Bonchev–Trinajstić information content (AvgIpc) is 3.86. The third-order valence-electron chi connectivity index (χ3n) is 11.4. The number of rotatable bonds is 9. The summed E-state index contributed by atoms with van der Waals surface area (Å²) in [5, 5.41) is 6.73. The Kier molecular flexibility index (Phi) is 8.30. The van der Waals surface area contributed by atoms with Crippen LogP contribution in [0.4, 0.5) is 0 Å². The molecule has 4 aliphatic rings. The van der Waals surface area contributed by atoms with Gasteiger partial charge in [-0.1, -0.05) is 91.0 Å². The zero-order chi connectivity index (χ0) is 30.1. The summed E-state index contributed by atoms with van der Waals surface area (Å²) in [7, 11) is 1.97. The summed E-state index contributed by atoms with van der Waals surface area (Å²) in [6.07, 6.45) is 4.96. The van der Waals surface area contributed by atoms with Gasteiger partial charge in [-0.2, -0.15) is 0 Å². The first-order valence-electron chi connectivity index (χ1n) is 16.7. The SMILES string of the molecule is CN(C(=O)CCC(=O)NC1CCC2CNCC21)C1CCC2CN(C(c3ccccc3)(c3ccccc3)c3ccccc3)CC21. The summed E-state index contributed by atoms with van der Waals surface area (Å²) in [4.78, 5) is 31.1. The van der Waals surface area contributed by atoms with Crippen molar-refractivity contribution in [3.05, 3.63) is 108 Å². The van der Waals surface area contributed by atoms with Gasteiger partial charge >= 0.3 is 0 Å². The molecule has 2 saturated heterocycles. The second kappa shape index (κ2) is 12.5. The summed E-state index contributed by atoms with van der Waals surface area (Å²) in [5.74, 6) is 2.30. The third kappa shape index (κ3) is 5.26. The van der Waals surface area contributed by atoms with Crippen molar-refractivity contribution in [3.8, 4) is 0 Å². The molecule has 6 unspecified atom stereocenters. The van der Waals surface area contributed by atoms with E-state index in [1.807, 2.05) is 11.9 Å². The normalized spacial score (nSPS) is 28.0. The Balaban J connectivity index is 1.08. The van der Waals surface area contributed by atoms with Crippen molar-refractivity contribution in [2.24, 2.45) is 23.7 Å². The van der Waals surface area contributed by atoms with Crippen LogP contribution in [0.5, 0.6) is 0 Å². The van der Waals surface area contributed by atoms with Gasteiger partial charge in [0.15, 0.2) is 0 Å². The van der Waals surface area contributed by atoms with Crippen LogP contribution in [0.2, 0.25) is 0 Å². The number of amides is 2. The van der Waals surface area contributed by atoms with Gasteiger partial charge in [-0.15, -0.1) is 0 Å². The highest BCUT2D eigenvalue weighted by Gasteiger charge is 2.52. The van der Waals surface area contributed by atoms with E-state index in [0.29, 0.717) is 23.7 Å².